The Labute approximate surface area is 82.0 Å². The number of aliphatic hydroxyl groups is 1. The molecule has 0 saturated carbocycles. The van der Waals surface area contributed by atoms with Gasteiger partial charge in [0.2, 0.25) is 0 Å². The van der Waals surface area contributed by atoms with Crippen molar-refractivity contribution in [3.8, 4) is 0 Å². The SMILES string of the molecule is N[C@H](Cc1ccccc1)[C@@H](O)C(=O)O. The molecule has 2 atom stereocenters. The number of aliphatic hydroxyl groups excluding tert-OH is 1. The van der Waals surface area contributed by atoms with Crippen LogP contribution >= 0.6 is 0 Å². The third kappa shape index (κ3) is 2.83. The monoisotopic (exact) mass is 195 g/mol. The Balaban J connectivity index is 2.57. The highest BCUT2D eigenvalue weighted by Gasteiger charge is 2.21. The quantitative estimate of drug-likeness (QED) is 0.631. The maximum atomic E-state index is 10.4. The molecule has 0 fully saturated rings. The zero-order valence-electron chi connectivity index (χ0n) is 7.63. The predicted molar refractivity (Wildman–Crippen MR) is 51.8 cm³/mol. The summed E-state index contributed by atoms with van der Waals surface area (Å²) in [6, 6.07) is 8.46. The molecule has 1 aromatic carbocycles. The van der Waals surface area contributed by atoms with E-state index in [9.17, 15) is 4.79 Å². The molecular weight excluding hydrogens is 182 g/mol. The van der Waals surface area contributed by atoms with Crippen molar-refractivity contribution in [1.82, 2.24) is 0 Å². The number of benzene rings is 1. The second-order valence-electron chi connectivity index (χ2n) is 3.14. The largest absolute Gasteiger partial charge is 0.479 e. The number of hydrogen-bond acceptors (Lipinski definition) is 3. The molecule has 4 N–H and O–H groups in total. The second-order valence-corrected chi connectivity index (χ2v) is 3.14. The summed E-state index contributed by atoms with van der Waals surface area (Å²) in [5.41, 5.74) is 6.44. The fourth-order valence-electron chi connectivity index (χ4n) is 1.18. The Bertz CT molecular complexity index is 299. The van der Waals surface area contributed by atoms with E-state index in [-0.39, 0.29) is 0 Å². The number of nitrogens with two attached hydrogens (primary N) is 1. The lowest BCUT2D eigenvalue weighted by atomic mass is 10.0. The summed E-state index contributed by atoms with van der Waals surface area (Å²) >= 11 is 0. The molecule has 0 aliphatic carbocycles. The molecule has 0 bridgehead atoms. The summed E-state index contributed by atoms with van der Waals surface area (Å²) in [7, 11) is 0. The molecule has 14 heavy (non-hydrogen) atoms. The minimum absolute atomic E-state index is 0.355. The van der Waals surface area contributed by atoms with Gasteiger partial charge in [-0.05, 0) is 12.0 Å². The van der Waals surface area contributed by atoms with Crippen LogP contribution in [-0.4, -0.2) is 28.3 Å². The van der Waals surface area contributed by atoms with Gasteiger partial charge in [-0.2, -0.15) is 0 Å². The number of hydrogen-bond donors (Lipinski definition) is 3. The van der Waals surface area contributed by atoms with E-state index in [0.717, 1.165) is 5.56 Å². The fourth-order valence-corrected chi connectivity index (χ4v) is 1.18. The van der Waals surface area contributed by atoms with E-state index in [1.165, 1.54) is 0 Å². The first-order valence-electron chi connectivity index (χ1n) is 4.31. The average Bonchev–Trinajstić information content (AvgIpc) is 2.18. The van der Waals surface area contributed by atoms with Crippen molar-refractivity contribution in [3.63, 3.8) is 0 Å². The van der Waals surface area contributed by atoms with Crippen LogP contribution in [0.4, 0.5) is 0 Å². The zero-order valence-corrected chi connectivity index (χ0v) is 7.63. The minimum Gasteiger partial charge on any atom is -0.479 e. The van der Waals surface area contributed by atoms with E-state index >= 15 is 0 Å². The van der Waals surface area contributed by atoms with Crippen molar-refractivity contribution in [2.24, 2.45) is 5.73 Å². The van der Waals surface area contributed by atoms with Crippen LogP contribution in [0.3, 0.4) is 0 Å². The minimum atomic E-state index is -1.50. The first-order valence-corrected chi connectivity index (χ1v) is 4.31. The van der Waals surface area contributed by atoms with Crippen LogP contribution in [-0.2, 0) is 11.2 Å². The van der Waals surface area contributed by atoms with Gasteiger partial charge in [-0.25, -0.2) is 4.79 Å². The van der Waals surface area contributed by atoms with Gasteiger partial charge in [-0.15, -0.1) is 0 Å². The normalized spacial score (nSPS) is 14.7. The van der Waals surface area contributed by atoms with Gasteiger partial charge >= 0.3 is 5.97 Å². The first-order chi connectivity index (χ1) is 6.61. The Morgan fingerprint density at radius 1 is 1.36 bits per heavy atom. The zero-order chi connectivity index (χ0) is 10.6. The molecule has 0 saturated heterocycles. The van der Waals surface area contributed by atoms with E-state index in [4.69, 9.17) is 15.9 Å². The molecule has 0 heterocycles. The third-order valence-corrected chi connectivity index (χ3v) is 1.97. The van der Waals surface area contributed by atoms with E-state index in [0.29, 0.717) is 6.42 Å². The maximum Gasteiger partial charge on any atom is 0.334 e. The Kier molecular flexibility index (Phi) is 3.62. The van der Waals surface area contributed by atoms with Crippen LogP contribution in [0.5, 0.6) is 0 Å². The van der Waals surface area contributed by atoms with Gasteiger partial charge in [0.05, 0.1) is 0 Å². The Hall–Kier alpha value is -1.39. The highest BCUT2D eigenvalue weighted by atomic mass is 16.4. The third-order valence-electron chi connectivity index (χ3n) is 1.97. The van der Waals surface area contributed by atoms with Crippen LogP contribution < -0.4 is 5.73 Å². The Morgan fingerprint density at radius 3 is 2.43 bits per heavy atom. The van der Waals surface area contributed by atoms with Crippen molar-refractivity contribution in [2.75, 3.05) is 0 Å². The van der Waals surface area contributed by atoms with Crippen molar-refractivity contribution >= 4 is 5.97 Å². The first kappa shape index (κ1) is 10.7. The van der Waals surface area contributed by atoms with Crippen LogP contribution in [0.1, 0.15) is 5.56 Å². The number of carboxylic acid groups (broad SMARTS) is 1. The van der Waals surface area contributed by atoms with E-state index in [2.05, 4.69) is 0 Å². The molecule has 0 amide bonds. The van der Waals surface area contributed by atoms with Gasteiger partial charge in [-0.3, -0.25) is 0 Å². The molecular formula is C10H13NO3. The van der Waals surface area contributed by atoms with Crippen molar-refractivity contribution in [2.45, 2.75) is 18.6 Å². The summed E-state index contributed by atoms with van der Waals surface area (Å²) in [5, 5.41) is 17.6. The van der Waals surface area contributed by atoms with E-state index < -0.39 is 18.1 Å². The molecule has 0 aromatic heterocycles. The topological polar surface area (TPSA) is 83.5 Å². The van der Waals surface area contributed by atoms with E-state index in [1.807, 2.05) is 30.3 Å². The molecule has 4 heteroatoms. The van der Waals surface area contributed by atoms with Crippen LogP contribution in [0.15, 0.2) is 30.3 Å². The molecule has 0 unspecified atom stereocenters. The van der Waals surface area contributed by atoms with Gasteiger partial charge in [0.15, 0.2) is 6.10 Å². The van der Waals surface area contributed by atoms with Crippen LogP contribution in [0.25, 0.3) is 0 Å². The maximum absolute atomic E-state index is 10.4. The van der Waals surface area contributed by atoms with Crippen molar-refractivity contribution in [1.29, 1.82) is 0 Å². The van der Waals surface area contributed by atoms with Gasteiger partial charge in [0.1, 0.15) is 0 Å². The molecule has 0 spiro atoms. The highest BCUT2D eigenvalue weighted by Crippen LogP contribution is 2.04. The van der Waals surface area contributed by atoms with Gasteiger partial charge in [0.25, 0.3) is 0 Å². The van der Waals surface area contributed by atoms with Crippen molar-refractivity contribution in [3.05, 3.63) is 35.9 Å². The van der Waals surface area contributed by atoms with Gasteiger partial charge in [0, 0.05) is 6.04 Å². The summed E-state index contributed by atoms with van der Waals surface area (Å²) in [6.07, 6.45) is -1.15. The molecule has 4 nitrogen and oxygen atoms in total. The lowest BCUT2D eigenvalue weighted by Gasteiger charge is -2.14. The summed E-state index contributed by atoms with van der Waals surface area (Å²) in [6.45, 7) is 0. The number of carboxylic acids is 1. The van der Waals surface area contributed by atoms with Gasteiger partial charge in [-0.1, -0.05) is 30.3 Å². The predicted octanol–water partition coefficient (Wildman–Crippen LogP) is 0.00190. The van der Waals surface area contributed by atoms with Crippen molar-refractivity contribution < 1.29 is 15.0 Å². The van der Waals surface area contributed by atoms with Crippen LogP contribution in [0.2, 0.25) is 0 Å². The molecule has 76 valence electrons. The molecule has 0 radical (unpaired) electrons. The highest BCUT2D eigenvalue weighted by molar-refractivity contribution is 5.72. The Morgan fingerprint density at radius 2 is 1.93 bits per heavy atom. The summed E-state index contributed by atoms with van der Waals surface area (Å²) < 4.78 is 0. The van der Waals surface area contributed by atoms with Crippen LogP contribution in [0, 0.1) is 0 Å². The number of aliphatic carboxylic acids is 1. The second kappa shape index (κ2) is 4.74. The molecule has 0 aliphatic heterocycles. The smallest absolute Gasteiger partial charge is 0.334 e. The lowest BCUT2D eigenvalue weighted by molar-refractivity contribution is -0.147. The van der Waals surface area contributed by atoms with E-state index in [1.54, 1.807) is 0 Å². The standard InChI is InChI=1S/C10H13NO3/c11-8(9(12)10(13)14)6-7-4-2-1-3-5-7/h1-5,8-9,12H,6,11H2,(H,13,14)/t8-,9-/m1/s1. The molecule has 1 aromatic rings. The fraction of sp³-hybridized carbons (Fsp3) is 0.300. The number of rotatable bonds is 4. The summed E-state index contributed by atoms with van der Waals surface area (Å²) in [5.74, 6) is -1.28. The summed E-state index contributed by atoms with van der Waals surface area (Å²) in [4.78, 5) is 10.4. The molecule has 1 rings (SSSR count). The van der Waals surface area contributed by atoms with Gasteiger partial charge < -0.3 is 15.9 Å². The number of carbonyl (C=O) groups is 1. The average molecular weight is 195 g/mol. The lowest BCUT2D eigenvalue weighted by Crippen LogP contribution is -2.41. The molecule has 0 aliphatic rings.